The number of amides is 1. The number of rotatable bonds is 2. The third-order valence-corrected chi connectivity index (χ3v) is 1.61. The van der Waals surface area contributed by atoms with Gasteiger partial charge in [0.2, 0.25) is 5.91 Å². The largest absolute Gasteiger partial charge is 0.507 e. The van der Waals surface area contributed by atoms with Crippen LogP contribution in [-0.2, 0) is 4.79 Å². The number of nitrogens with zero attached hydrogens (tertiary/aromatic N) is 1. The number of hydrazone groups is 1. The summed E-state index contributed by atoms with van der Waals surface area (Å²) in [5, 5.41) is 13.1. The van der Waals surface area contributed by atoms with E-state index in [0.717, 1.165) is 5.56 Å². The van der Waals surface area contributed by atoms with E-state index < -0.39 is 0 Å². The first kappa shape index (κ1) is 10.2. The molecule has 1 aromatic carbocycles. The van der Waals surface area contributed by atoms with Crippen molar-refractivity contribution in [3.63, 3.8) is 0 Å². The Kier molecular flexibility index (Phi) is 3.23. The Bertz CT molecular complexity index is 372. The number of carbonyl (C=O) groups excluding carboxylic acids is 1. The zero-order chi connectivity index (χ0) is 10.6. The summed E-state index contributed by atoms with van der Waals surface area (Å²) in [7, 11) is 0. The lowest BCUT2D eigenvalue weighted by Gasteiger charge is -1.99. The standard InChI is InChI=1S/C10H12N2O2/c1-7-3-4-9(10(14)5-7)6-11-12-8(2)13/h3-6,14H,1-2H3,(H,12,13). The molecule has 0 aromatic heterocycles. The molecule has 0 heterocycles. The number of nitrogens with one attached hydrogen (secondary N) is 1. The Labute approximate surface area is 82.3 Å². The smallest absolute Gasteiger partial charge is 0.236 e. The fourth-order valence-corrected chi connectivity index (χ4v) is 0.956. The molecule has 74 valence electrons. The van der Waals surface area contributed by atoms with Crippen LogP contribution in [0.3, 0.4) is 0 Å². The molecule has 0 spiro atoms. The molecular formula is C10H12N2O2. The van der Waals surface area contributed by atoms with E-state index in [2.05, 4.69) is 10.5 Å². The van der Waals surface area contributed by atoms with E-state index in [0.29, 0.717) is 5.56 Å². The van der Waals surface area contributed by atoms with Crippen LogP contribution < -0.4 is 5.43 Å². The van der Waals surface area contributed by atoms with Crippen molar-refractivity contribution >= 4 is 12.1 Å². The third kappa shape index (κ3) is 2.90. The molecule has 1 aromatic rings. The van der Waals surface area contributed by atoms with Gasteiger partial charge in [-0.2, -0.15) is 5.10 Å². The first-order valence-electron chi connectivity index (χ1n) is 4.19. The predicted octanol–water partition coefficient (Wildman–Crippen LogP) is 1.17. The van der Waals surface area contributed by atoms with Crippen LogP contribution in [0, 0.1) is 6.92 Å². The van der Waals surface area contributed by atoms with Crippen molar-refractivity contribution in [2.45, 2.75) is 13.8 Å². The summed E-state index contributed by atoms with van der Waals surface area (Å²) in [5.74, 6) is -0.0908. The van der Waals surface area contributed by atoms with Gasteiger partial charge in [0, 0.05) is 12.5 Å². The first-order chi connectivity index (χ1) is 6.59. The lowest BCUT2D eigenvalue weighted by atomic mass is 10.1. The quantitative estimate of drug-likeness (QED) is 0.545. The Hall–Kier alpha value is -1.84. The van der Waals surface area contributed by atoms with Crippen LogP contribution >= 0.6 is 0 Å². The number of benzene rings is 1. The predicted molar refractivity (Wildman–Crippen MR) is 54.3 cm³/mol. The number of hydrogen-bond acceptors (Lipinski definition) is 3. The number of carbonyl (C=O) groups is 1. The molecule has 4 heteroatoms. The number of phenolic OH excluding ortho intramolecular Hbond substituents is 1. The molecule has 0 atom stereocenters. The molecule has 0 fully saturated rings. The van der Waals surface area contributed by atoms with Gasteiger partial charge in [-0.05, 0) is 24.6 Å². The van der Waals surface area contributed by atoms with Crippen LogP contribution in [0.25, 0.3) is 0 Å². The zero-order valence-electron chi connectivity index (χ0n) is 8.11. The molecule has 0 unspecified atom stereocenters. The van der Waals surface area contributed by atoms with Gasteiger partial charge in [0.15, 0.2) is 0 Å². The highest BCUT2D eigenvalue weighted by Crippen LogP contribution is 2.15. The summed E-state index contributed by atoms with van der Waals surface area (Å²) in [6.45, 7) is 3.25. The van der Waals surface area contributed by atoms with Crippen LogP contribution in [0.2, 0.25) is 0 Å². The molecular weight excluding hydrogens is 180 g/mol. The molecule has 0 aliphatic rings. The van der Waals surface area contributed by atoms with Crippen LogP contribution in [0.4, 0.5) is 0 Å². The van der Waals surface area contributed by atoms with Gasteiger partial charge in [0.25, 0.3) is 0 Å². The molecule has 0 bridgehead atoms. The molecule has 0 radical (unpaired) electrons. The van der Waals surface area contributed by atoms with Gasteiger partial charge in [-0.3, -0.25) is 4.79 Å². The Morgan fingerprint density at radius 1 is 1.57 bits per heavy atom. The van der Waals surface area contributed by atoms with Gasteiger partial charge in [0.1, 0.15) is 5.75 Å². The summed E-state index contributed by atoms with van der Waals surface area (Å²) in [5.41, 5.74) is 3.80. The second-order valence-corrected chi connectivity index (χ2v) is 2.99. The highest BCUT2D eigenvalue weighted by atomic mass is 16.3. The van der Waals surface area contributed by atoms with Crippen LogP contribution in [-0.4, -0.2) is 17.2 Å². The highest BCUT2D eigenvalue weighted by Gasteiger charge is 1.97. The monoisotopic (exact) mass is 192 g/mol. The number of phenols is 1. The normalized spacial score (nSPS) is 10.4. The SMILES string of the molecule is CC(=O)NN=Cc1ccc(C)cc1O. The molecule has 0 aliphatic heterocycles. The second-order valence-electron chi connectivity index (χ2n) is 2.99. The Morgan fingerprint density at radius 2 is 2.29 bits per heavy atom. The fraction of sp³-hybridized carbons (Fsp3) is 0.200. The van der Waals surface area contributed by atoms with Crippen molar-refractivity contribution in [3.05, 3.63) is 29.3 Å². The maximum atomic E-state index is 10.5. The number of aryl methyl sites for hydroxylation is 1. The van der Waals surface area contributed by atoms with Crippen molar-refractivity contribution < 1.29 is 9.90 Å². The van der Waals surface area contributed by atoms with Crippen molar-refractivity contribution in [3.8, 4) is 5.75 Å². The van der Waals surface area contributed by atoms with Crippen molar-refractivity contribution in [1.82, 2.24) is 5.43 Å². The Balaban J connectivity index is 2.76. The summed E-state index contributed by atoms with van der Waals surface area (Å²) in [6, 6.07) is 5.22. The van der Waals surface area contributed by atoms with Gasteiger partial charge in [-0.15, -0.1) is 0 Å². The minimum Gasteiger partial charge on any atom is -0.507 e. The van der Waals surface area contributed by atoms with Crippen molar-refractivity contribution in [1.29, 1.82) is 0 Å². The van der Waals surface area contributed by atoms with Crippen LogP contribution in [0.1, 0.15) is 18.1 Å². The molecule has 0 aliphatic carbocycles. The van der Waals surface area contributed by atoms with Crippen LogP contribution in [0.5, 0.6) is 5.75 Å². The van der Waals surface area contributed by atoms with Crippen LogP contribution in [0.15, 0.2) is 23.3 Å². The summed E-state index contributed by atoms with van der Waals surface area (Å²) in [4.78, 5) is 10.5. The topological polar surface area (TPSA) is 61.7 Å². The van der Waals surface area contributed by atoms with E-state index in [1.54, 1.807) is 12.1 Å². The van der Waals surface area contributed by atoms with Crippen molar-refractivity contribution in [2.75, 3.05) is 0 Å². The molecule has 0 saturated carbocycles. The average molecular weight is 192 g/mol. The molecule has 2 N–H and O–H groups in total. The number of aromatic hydroxyl groups is 1. The van der Waals surface area contributed by atoms with E-state index in [1.165, 1.54) is 13.1 Å². The minimum absolute atomic E-state index is 0.152. The average Bonchev–Trinajstić information content (AvgIpc) is 2.08. The molecule has 0 saturated heterocycles. The maximum Gasteiger partial charge on any atom is 0.236 e. The number of hydrogen-bond donors (Lipinski definition) is 2. The third-order valence-electron chi connectivity index (χ3n) is 1.61. The van der Waals surface area contributed by atoms with E-state index in [9.17, 15) is 9.90 Å². The zero-order valence-corrected chi connectivity index (χ0v) is 8.11. The Morgan fingerprint density at radius 3 is 2.86 bits per heavy atom. The van der Waals surface area contributed by atoms with Gasteiger partial charge in [-0.25, -0.2) is 5.43 Å². The minimum atomic E-state index is -0.243. The summed E-state index contributed by atoms with van der Waals surface area (Å²) < 4.78 is 0. The van der Waals surface area contributed by atoms with E-state index >= 15 is 0 Å². The lowest BCUT2D eigenvalue weighted by molar-refractivity contribution is -0.118. The molecule has 1 rings (SSSR count). The summed E-state index contributed by atoms with van der Waals surface area (Å²) >= 11 is 0. The van der Waals surface area contributed by atoms with Crippen molar-refractivity contribution in [2.24, 2.45) is 5.10 Å². The molecule has 1 amide bonds. The van der Waals surface area contributed by atoms with Gasteiger partial charge in [-0.1, -0.05) is 6.07 Å². The van der Waals surface area contributed by atoms with E-state index in [-0.39, 0.29) is 11.7 Å². The van der Waals surface area contributed by atoms with Gasteiger partial charge < -0.3 is 5.11 Å². The maximum absolute atomic E-state index is 10.5. The summed E-state index contributed by atoms with van der Waals surface area (Å²) in [6.07, 6.45) is 1.40. The fourth-order valence-electron chi connectivity index (χ4n) is 0.956. The first-order valence-corrected chi connectivity index (χ1v) is 4.19. The molecule has 14 heavy (non-hydrogen) atoms. The van der Waals surface area contributed by atoms with E-state index in [1.807, 2.05) is 13.0 Å². The lowest BCUT2D eigenvalue weighted by Crippen LogP contribution is -2.12. The van der Waals surface area contributed by atoms with Gasteiger partial charge >= 0.3 is 0 Å². The van der Waals surface area contributed by atoms with E-state index in [4.69, 9.17) is 0 Å². The highest BCUT2D eigenvalue weighted by molar-refractivity contribution is 5.84. The second kappa shape index (κ2) is 4.41. The van der Waals surface area contributed by atoms with Gasteiger partial charge in [0.05, 0.1) is 6.21 Å². The molecule has 4 nitrogen and oxygen atoms in total.